The van der Waals surface area contributed by atoms with E-state index in [1.807, 2.05) is 30.3 Å². The van der Waals surface area contributed by atoms with Crippen molar-refractivity contribution in [2.24, 2.45) is 0 Å². The monoisotopic (exact) mass is 408 g/mol. The minimum atomic E-state index is -0.538. The molecule has 1 unspecified atom stereocenters. The summed E-state index contributed by atoms with van der Waals surface area (Å²) in [5, 5.41) is 9.50. The molecule has 0 aliphatic carbocycles. The van der Waals surface area contributed by atoms with E-state index in [4.69, 9.17) is 9.47 Å². The minimum Gasteiger partial charge on any atom is -0.494 e. The minimum absolute atomic E-state index is 0.00900. The van der Waals surface area contributed by atoms with Crippen LogP contribution in [-0.2, 0) is 14.3 Å². The molecule has 0 saturated carbocycles. The van der Waals surface area contributed by atoms with Gasteiger partial charge in [0.25, 0.3) is 11.8 Å². The van der Waals surface area contributed by atoms with E-state index < -0.39 is 5.91 Å². The van der Waals surface area contributed by atoms with Gasteiger partial charge in [0.05, 0.1) is 19.3 Å². The number of carbonyl (C=O) groups excluding carboxylic acids is 2. The Morgan fingerprint density at radius 1 is 1.23 bits per heavy atom. The maximum absolute atomic E-state index is 13.1. The van der Waals surface area contributed by atoms with Crippen LogP contribution in [0.4, 0.5) is 0 Å². The average molecular weight is 408 g/mol. The van der Waals surface area contributed by atoms with Gasteiger partial charge in [-0.1, -0.05) is 31.9 Å². The highest BCUT2D eigenvalue weighted by Crippen LogP contribution is 2.28. The first kappa shape index (κ1) is 21.8. The molecule has 2 amide bonds. The number of unbranched alkanes of at least 4 members (excludes halogenated alkanes) is 2. The van der Waals surface area contributed by atoms with Gasteiger partial charge >= 0.3 is 0 Å². The third-order valence-electron chi connectivity index (χ3n) is 5.44. The summed E-state index contributed by atoms with van der Waals surface area (Å²) in [5.41, 5.74) is 1.59. The first-order chi connectivity index (χ1) is 14.5. The first-order valence-corrected chi connectivity index (χ1v) is 10.6. The van der Waals surface area contributed by atoms with Crippen molar-refractivity contribution in [2.45, 2.75) is 52.1 Å². The van der Waals surface area contributed by atoms with Gasteiger partial charge in [0.1, 0.15) is 17.4 Å². The van der Waals surface area contributed by atoms with Crippen LogP contribution in [-0.4, -0.2) is 42.6 Å². The molecule has 6 heteroatoms. The van der Waals surface area contributed by atoms with Crippen LogP contribution in [0.3, 0.4) is 0 Å². The molecule has 1 atom stereocenters. The second-order valence-electron chi connectivity index (χ2n) is 7.65. The lowest BCUT2D eigenvalue weighted by molar-refractivity contribution is -0.142. The first-order valence-electron chi connectivity index (χ1n) is 10.6. The van der Waals surface area contributed by atoms with Gasteiger partial charge in [0.2, 0.25) is 0 Å². The highest BCUT2D eigenvalue weighted by molar-refractivity contribution is 6.19. The fourth-order valence-corrected chi connectivity index (χ4v) is 3.66. The quantitative estimate of drug-likeness (QED) is 0.369. The molecule has 0 N–H and O–H groups in total. The van der Waals surface area contributed by atoms with Gasteiger partial charge in [0.15, 0.2) is 0 Å². The Labute approximate surface area is 177 Å². The lowest BCUT2D eigenvalue weighted by Crippen LogP contribution is -2.46. The fraction of sp³-hybridized carbons (Fsp3) is 0.458. The van der Waals surface area contributed by atoms with E-state index in [2.05, 4.69) is 6.92 Å². The van der Waals surface area contributed by atoms with Gasteiger partial charge in [0, 0.05) is 12.2 Å². The zero-order valence-electron chi connectivity index (χ0n) is 17.6. The Hall–Kier alpha value is -2.91. The number of carbonyl (C=O) groups is 2. The van der Waals surface area contributed by atoms with Gasteiger partial charge in [-0.25, -0.2) is 0 Å². The molecule has 30 heavy (non-hydrogen) atoms. The van der Waals surface area contributed by atoms with Gasteiger partial charge in [-0.05, 0) is 55.5 Å². The molecular weight excluding hydrogens is 380 g/mol. The molecule has 158 valence electrons. The van der Waals surface area contributed by atoms with E-state index in [9.17, 15) is 14.9 Å². The highest BCUT2D eigenvalue weighted by atomic mass is 16.5. The largest absolute Gasteiger partial charge is 0.494 e. The molecule has 2 aliphatic rings. The summed E-state index contributed by atoms with van der Waals surface area (Å²) in [4.78, 5) is 26.9. The normalized spacial score (nSPS) is 20.8. The van der Waals surface area contributed by atoms with Crippen molar-refractivity contribution in [2.75, 3.05) is 19.8 Å². The van der Waals surface area contributed by atoms with Crippen LogP contribution in [0.25, 0.3) is 6.08 Å². The summed E-state index contributed by atoms with van der Waals surface area (Å²) in [7, 11) is 0. The van der Waals surface area contributed by atoms with Crippen molar-refractivity contribution in [3.8, 4) is 11.8 Å². The lowest BCUT2D eigenvalue weighted by Gasteiger charge is -2.29. The van der Waals surface area contributed by atoms with E-state index >= 15 is 0 Å². The van der Waals surface area contributed by atoms with Crippen molar-refractivity contribution >= 4 is 17.9 Å². The van der Waals surface area contributed by atoms with Crippen LogP contribution >= 0.6 is 0 Å². The maximum atomic E-state index is 13.1. The zero-order valence-corrected chi connectivity index (χ0v) is 17.6. The molecule has 0 radical (unpaired) electrons. The Kier molecular flexibility index (Phi) is 7.42. The van der Waals surface area contributed by atoms with E-state index in [0.717, 1.165) is 48.3 Å². The number of nitriles is 1. The Morgan fingerprint density at radius 3 is 2.63 bits per heavy atom. The summed E-state index contributed by atoms with van der Waals surface area (Å²) < 4.78 is 11.3. The maximum Gasteiger partial charge on any atom is 0.271 e. The van der Waals surface area contributed by atoms with Crippen LogP contribution in [0.15, 0.2) is 41.0 Å². The Bertz CT molecular complexity index is 887. The van der Waals surface area contributed by atoms with Gasteiger partial charge in [-0.2, -0.15) is 5.26 Å². The molecule has 0 bridgehead atoms. The van der Waals surface area contributed by atoms with Crippen LogP contribution in [0.5, 0.6) is 5.75 Å². The Morgan fingerprint density at radius 2 is 2.00 bits per heavy atom. The number of rotatable bonds is 8. The van der Waals surface area contributed by atoms with Crippen molar-refractivity contribution in [3.63, 3.8) is 0 Å². The second kappa shape index (κ2) is 10.2. The predicted molar refractivity (Wildman–Crippen MR) is 113 cm³/mol. The summed E-state index contributed by atoms with van der Waals surface area (Å²) in [6.07, 6.45) is 6.59. The number of amides is 2. The molecule has 2 heterocycles. The smallest absolute Gasteiger partial charge is 0.271 e. The summed E-state index contributed by atoms with van der Waals surface area (Å²) in [6, 6.07) is 9.45. The SMILES string of the molecule is CCCCCOc1ccc(/C=C2/C(=O)N(CC3CCCO3)C(=O)C(C#N)=C2C)cc1. The van der Waals surface area contributed by atoms with Crippen LogP contribution in [0.1, 0.15) is 51.5 Å². The summed E-state index contributed by atoms with van der Waals surface area (Å²) >= 11 is 0. The molecular formula is C24H28N2O4. The third kappa shape index (κ3) is 4.98. The van der Waals surface area contributed by atoms with E-state index in [-0.39, 0.29) is 24.1 Å². The topological polar surface area (TPSA) is 79.6 Å². The van der Waals surface area contributed by atoms with Crippen molar-refractivity contribution in [3.05, 3.63) is 46.5 Å². The molecule has 0 spiro atoms. The average Bonchev–Trinajstić information content (AvgIpc) is 3.26. The highest BCUT2D eigenvalue weighted by Gasteiger charge is 2.37. The number of hydrogen-bond acceptors (Lipinski definition) is 5. The van der Waals surface area contributed by atoms with Crippen LogP contribution < -0.4 is 4.74 Å². The van der Waals surface area contributed by atoms with E-state index in [1.165, 1.54) is 0 Å². The Balaban J connectivity index is 1.80. The van der Waals surface area contributed by atoms with Crippen LogP contribution in [0, 0.1) is 11.3 Å². The second-order valence-corrected chi connectivity index (χ2v) is 7.65. The van der Waals surface area contributed by atoms with Crippen molar-refractivity contribution < 1.29 is 19.1 Å². The molecule has 6 nitrogen and oxygen atoms in total. The molecule has 2 aliphatic heterocycles. The number of imide groups is 1. The third-order valence-corrected chi connectivity index (χ3v) is 5.44. The summed E-state index contributed by atoms with van der Waals surface area (Å²) in [6.45, 7) is 5.29. The lowest BCUT2D eigenvalue weighted by atomic mass is 9.93. The van der Waals surface area contributed by atoms with Crippen LogP contribution in [0.2, 0.25) is 0 Å². The number of nitrogens with zero attached hydrogens (tertiary/aromatic N) is 2. The zero-order chi connectivity index (χ0) is 21.5. The number of benzene rings is 1. The number of ether oxygens (including phenoxy) is 2. The molecule has 0 aromatic heterocycles. The molecule has 3 rings (SSSR count). The van der Waals surface area contributed by atoms with Crippen molar-refractivity contribution in [1.29, 1.82) is 5.26 Å². The fourth-order valence-electron chi connectivity index (χ4n) is 3.66. The summed E-state index contributed by atoms with van der Waals surface area (Å²) in [5.74, 6) is -0.140. The van der Waals surface area contributed by atoms with Gasteiger partial charge in [-0.3, -0.25) is 14.5 Å². The van der Waals surface area contributed by atoms with Gasteiger partial charge < -0.3 is 9.47 Å². The van der Waals surface area contributed by atoms with Crippen molar-refractivity contribution in [1.82, 2.24) is 4.90 Å². The van der Waals surface area contributed by atoms with Gasteiger partial charge in [-0.15, -0.1) is 0 Å². The number of hydrogen-bond donors (Lipinski definition) is 0. The predicted octanol–water partition coefficient (Wildman–Crippen LogP) is 4.03. The standard InChI is InChI=1S/C24H28N2O4/c1-3-4-5-12-29-19-10-8-18(9-11-19)14-21-17(2)22(15-25)24(28)26(23(21)27)16-20-7-6-13-30-20/h8-11,14,20H,3-7,12-13,16H2,1-2H3/b21-14+. The van der Waals surface area contributed by atoms with E-state index in [1.54, 1.807) is 13.0 Å². The molecule has 1 saturated heterocycles. The molecule has 1 aromatic rings. The van der Waals surface area contributed by atoms with E-state index in [0.29, 0.717) is 24.4 Å². The molecule has 1 fully saturated rings. The molecule has 1 aromatic carbocycles.